The maximum atomic E-state index is 9.85. The lowest BCUT2D eigenvalue weighted by Crippen LogP contribution is -2.34. The number of hydrogen-bond acceptors (Lipinski definition) is 7. The summed E-state index contributed by atoms with van der Waals surface area (Å²) in [7, 11) is 0. The number of aromatic nitrogens is 3. The van der Waals surface area contributed by atoms with Crippen molar-refractivity contribution in [3.05, 3.63) is 47.0 Å². The van der Waals surface area contributed by atoms with Gasteiger partial charge in [-0.25, -0.2) is 4.98 Å². The van der Waals surface area contributed by atoms with Crippen LogP contribution in [0.3, 0.4) is 0 Å². The highest BCUT2D eigenvalue weighted by atomic mass is 35.5. The Balaban J connectivity index is 1.22. The summed E-state index contributed by atoms with van der Waals surface area (Å²) in [5, 5.41) is 13.7. The summed E-state index contributed by atoms with van der Waals surface area (Å²) in [6.07, 6.45) is 0.348. The summed E-state index contributed by atoms with van der Waals surface area (Å²) in [5.74, 6) is 0.599. The van der Waals surface area contributed by atoms with E-state index in [9.17, 15) is 5.11 Å². The number of halogens is 1. The Kier molecular flexibility index (Phi) is 5.47. The SMILES string of the molecule is O[C@@H]1CO[C@H]2C1OC[C@H]2Oc1nc2nc(NCCCc3ccccc3)c(Cl)cc2[nH]1. The zero-order chi connectivity index (χ0) is 20.5. The molecule has 0 radical (unpaired) electrons. The van der Waals surface area contributed by atoms with Crippen molar-refractivity contribution in [1.82, 2.24) is 15.0 Å². The minimum Gasteiger partial charge on any atom is -0.456 e. The van der Waals surface area contributed by atoms with Crippen molar-refractivity contribution in [2.45, 2.75) is 37.3 Å². The van der Waals surface area contributed by atoms with Crippen LogP contribution >= 0.6 is 11.6 Å². The zero-order valence-corrected chi connectivity index (χ0v) is 17.0. The van der Waals surface area contributed by atoms with Crippen molar-refractivity contribution in [2.75, 3.05) is 25.1 Å². The van der Waals surface area contributed by atoms with Crippen LogP contribution in [0, 0.1) is 0 Å². The van der Waals surface area contributed by atoms with Gasteiger partial charge in [0, 0.05) is 6.54 Å². The quantitative estimate of drug-likeness (QED) is 0.495. The van der Waals surface area contributed by atoms with Crippen LogP contribution in [0.25, 0.3) is 11.2 Å². The zero-order valence-electron chi connectivity index (χ0n) is 16.3. The normalized spacial score (nSPS) is 25.5. The molecule has 30 heavy (non-hydrogen) atoms. The van der Waals surface area contributed by atoms with Crippen LogP contribution in [0.15, 0.2) is 36.4 Å². The first-order chi connectivity index (χ1) is 14.7. The first-order valence-corrected chi connectivity index (χ1v) is 10.5. The smallest absolute Gasteiger partial charge is 0.296 e. The predicted octanol–water partition coefficient (Wildman–Crippen LogP) is 2.56. The van der Waals surface area contributed by atoms with Crippen LogP contribution in [0.5, 0.6) is 6.01 Å². The fraction of sp³-hybridized carbons (Fsp3) is 0.429. The Bertz CT molecular complexity index is 1010. The number of nitrogens with one attached hydrogen (secondary N) is 2. The lowest BCUT2D eigenvalue weighted by molar-refractivity contribution is 0.00706. The first-order valence-electron chi connectivity index (χ1n) is 10.1. The van der Waals surface area contributed by atoms with Gasteiger partial charge in [-0.2, -0.15) is 4.98 Å². The van der Waals surface area contributed by atoms with E-state index >= 15 is 0 Å². The molecule has 0 amide bonds. The fourth-order valence-corrected chi connectivity index (χ4v) is 4.13. The highest BCUT2D eigenvalue weighted by Crippen LogP contribution is 2.30. The van der Waals surface area contributed by atoms with Gasteiger partial charge < -0.3 is 29.6 Å². The van der Waals surface area contributed by atoms with E-state index in [0.29, 0.717) is 34.6 Å². The van der Waals surface area contributed by atoms with Crippen LogP contribution < -0.4 is 10.1 Å². The Morgan fingerprint density at radius 2 is 2.00 bits per heavy atom. The molecule has 2 fully saturated rings. The molecule has 8 nitrogen and oxygen atoms in total. The maximum Gasteiger partial charge on any atom is 0.296 e. The van der Waals surface area contributed by atoms with Gasteiger partial charge in [-0.05, 0) is 24.5 Å². The van der Waals surface area contributed by atoms with Gasteiger partial charge in [0.1, 0.15) is 24.1 Å². The summed E-state index contributed by atoms with van der Waals surface area (Å²) >= 11 is 6.39. The summed E-state index contributed by atoms with van der Waals surface area (Å²) in [4.78, 5) is 12.0. The molecule has 2 aromatic heterocycles. The lowest BCUT2D eigenvalue weighted by atomic mass is 10.1. The molecule has 0 bridgehead atoms. The molecule has 0 spiro atoms. The van der Waals surface area contributed by atoms with Crippen molar-refractivity contribution >= 4 is 28.6 Å². The average Bonchev–Trinajstić information content (AvgIpc) is 3.43. The third kappa shape index (κ3) is 3.96. The number of anilines is 1. The van der Waals surface area contributed by atoms with Crippen LogP contribution in [0.2, 0.25) is 5.02 Å². The number of imidazole rings is 1. The van der Waals surface area contributed by atoms with Gasteiger partial charge in [-0.15, -0.1) is 0 Å². The average molecular weight is 431 g/mol. The summed E-state index contributed by atoms with van der Waals surface area (Å²) < 4.78 is 17.1. The summed E-state index contributed by atoms with van der Waals surface area (Å²) in [6, 6.07) is 12.5. The van der Waals surface area contributed by atoms with E-state index in [0.717, 1.165) is 19.4 Å². The van der Waals surface area contributed by atoms with Gasteiger partial charge >= 0.3 is 0 Å². The molecule has 4 atom stereocenters. The number of aliphatic hydroxyl groups excluding tert-OH is 1. The second-order valence-corrected chi connectivity index (χ2v) is 7.97. The number of hydrogen-bond donors (Lipinski definition) is 3. The van der Waals surface area contributed by atoms with Gasteiger partial charge in [0.25, 0.3) is 6.01 Å². The number of pyridine rings is 1. The topological polar surface area (TPSA) is 102 Å². The number of aliphatic hydroxyl groups is 1. The number of ether oxygens (including phenoxy) is 3. The first kappa shape index (κ1) is 19.6. The number of H-pyrrole nitrogens is 1. The second kappa shape index (κ2) is 8.39. The van der Waals surface area contributed by atoms with Gasteiger partial charge in [-0.3, -0.25) is 0 Å². The van der Waals surface area contributed by atoms with E-state index in [1.165, 1.54) is 5.56 Å². The van der Waals surface area contributed by atoms with Gasteiger partial charge in [0.2, 0.25) is 0 Å². The van der Waals surface area contributed by atoms with Crippen LogP contribution in [0.4, 0.5) is 5.82 Å². The molecular formula is C21H23ClN4O4. The molecule has 2 aliphatic rings. The monoisotopic (exact) mass is 430 g/mol. The van der Waals surface area contributed by atoms with E-state index in [1.54, 1.807) is 6.07 Å². The van der Waals surface area contributed by atoms with Crippen LogP contribution in [-0.4, -0.2) is 64.2 Å². The highest BCUT2D eigenvalue weighted by molar-refractivity contribution is 6.33. The van der Waals surface area contributed by atoms with Crippen LogP contribution in [0.1, 0.15) is 12.0 Å². The van der Waals surface area contributed by atoms with E-state index in [-0.39, 0.29) is 24.9 Å². The Hall–Kier alpha value is -2.39. The minimum atomic E-state index is -0.615. The molecule has 2 saturated heterocycles. The van der Waals surface area contributed by atoms with Crippen molar-refractivity contribution in [3.8, 4) is 6.01 Å². The van der Waals surface area contributed by atoms with Crippen LogP contribution in [-0.2, 0) is 15.9 Å². The van der Waals surface area contributed by atoms with Crippen molar-refractivity contribution in [3.63, 3.8) is 0 Å². The van der Waals surface area contributed by atoms with Crippen molar-refractivity contribution in [2.24, 2.45) is 0 Å². The minimum absolute atomic E-state index is 0.256. The van der Waals surface area contributed by atoms with Crippen molar-refractivity contribution in [1.29, 1.82) is 0 Å². The largest absolute Gasteiger partial charge is 0.456 e. The lowest BCUT2D eigenvalue weighted by Gasteiger charge is -2.15. The van der Waals surface area contributed by atoms with E-state index in [2.05, 4.69) is 32.4 Å². The molecule has 4 heterocycles. The number of benzene rings is 1. The molecular weight excluding hydrogens is 408 g/mol. The third-order valence-electron chi connectivity index (χ3n) is 5.43. The van der Waals surface area contributed by atoms with Crippen molar-refractivity contribution < 1.29 is 19.3 Å². The molecule has 3 aromatic rings. The number of nitrogens with zero attached hydrogens (tertiary/aromatic N) is 2. The number of aryl methyl sites for hydroxylation is 1. The Morgan fingerprint density at radius 3 is 2.87 bits per heavy atom. The Morgan fingerprint density at radius 1 is 1.17 bits per heavy atom. The molecule has 1 aromatic carbocycles. The maximum absolute atomic E-state index is 9.85. The number of aromatic amines is 1. The van der Waals surface area contributed by atoms with E-state index < -0.39 is 6.10 Å². The molecule has 0 saturated carbocycles. The molecule has 2 aliphatic heterocycles. The molecule has 158 valence electrons. The molecule has 3 N–H and O–H groups in total. The highest BCUT2D eigenvalue weighted by Gasteiger charge is 2.48. The van der Waals surface area contributed by atoms with E-state index in [4.69, 9.17) is 25.8 Å². The summed E-state index contributed by atoms with van der Waals surface area (Å²) in [5.41, 5.74) is 2.51. The standard InChI is InChI=1S/C21H23ClN4O4/c22-13-9-14-20(25-19(13)23-8-4-7-12-5-2-1-3-6-12)26-21(24-14)30-16-11-29-17-15(27)10-28-18(16)17/h1-3,5-6,9,15-18,27H,4,7-8,10-11H2,(H2,23,24,25,26)/t15-,16-,17?,18-/m1/s1. The predicted molar refractivity (Wildman–Crippen MR) is 112 cm³/mol. The van der Waals surface area contributed by atoms with Gasteiger partial charge in [0.15, 0.2) is 11.8 Å². The summed E-state index contributed by atoms with van der Waals surface area (Å²) in [6.45, 7) is 1.35. The molecule has 5 rings (SSSR count). The molecule has 1 unspecified atom stereocenters. The third-order valence-corrected chi connectivity index (χ3v) is 5.72. The number of rotatable bonds is 7. The second-order valence-electron chi connectivity index (χ2n) is 7.57. The Labute approximate surface area is 178 Å². The molecule has 9 heteroatoms. The van der Waals surface area contributed by atoms with E-state index in [1.807, 2.05) is 18.2 Å². The fourth-order valence-electron chi connectivity index (χ4n) is 3.91. The van der Waals surface area contributed by atoms with Gasteiger partial charge in [-0.1, -0.05) is 41.9 Å². The number of fused-ring (bicyclic) bond motifs is 2. The van der Waals surface area contributed by atoms with Gasteiger partial charge in [0.05, 0.1) is 23.8 Å². The molecule has 0 aliphatic carbocycles.